The van der Waals surface area contributed by atoms with E-state index in [1.807, 2.05) is 32.0 Å². The first kappa shape index (κ1) is 20.9. The summed E-state index contributed by atoms with van der Waals surface area (Å²) >= 11 is 5.81. The van der Waals surface area contributed by atoms with Crippen LogP contribution in [0.3, 0.4) is 0 Å². The average Bonchev–Trinajstić information content (AvgIpc) is 2.71. The highest BCUT2D eigenvalue weighted by atomic mass is 35.5. The topological polar surface area (TPSA) is 78.5 Å². The molecule has 1 atom stereocenters. The quantitative estimate of drug-likeness (QED) is 0.758. The Labute approximate surface area is 175 Å². The van der Waals surface area contributed by atoms with Crippen molar-refractivity contribution in [2.75, 3.05) is 13.1 Å². The molecule has 3 amide bonds. The second-order valence-electron chi connectivity index (χ2n) is 7.42. The van der Waals surface area contributed by atoms with Crippen molar-refractivity contribution >= 4 is 29.3 Å². The Bertz CT molecular complexity index is 907. The van der Waals surface area contributed by atoms with Crippen molar-refractivity contribution in [2.24, 2.45) is 5.92 Å². The van der Waals surface area contributed by atoms with E-state index in [2.05, 4.69) is 10.9 Å². The summed E-state index contributed by atoms with van der Waals surface area (Å²) in [7, 11) is 0. The lowest BCUT2D eigenvalue weighted by atomic mass is 9.96. The number of piperidine rings is 1. The maximum Gasteiger partial charge on any atom is 0.269 e. The molecule has 2 N–H and O–H groups in total. The van der Waals surface area contributed by atoms with E-state index in [1.54, 1.807) is 29.2 Å². The van der Waals surface area contributed by atoms with Gasteiger partial charge in [-0.15, -0.1) is 0 Å². The number of benzene rings is 2. The van der Waals surface area contributed by atoms with Gasteiger partial charge in [-0.1, -0.05) is 28.8 Å². The molecule has 0 spiro atoms. The molecule has 1 heterocycles. The standard InChI is InChI=1S/C22H24ClN3O3/c1-14-10-15(2)12-18(11-14)22(29)26-9-3-4-17(13-26)21(28)25-24-20(27)16-5-7-19(23)8-6-16/h5-8,10-12,17H,3-4,9,13H2,1-2H3,(H,24,27)(H,25,28)/t17-/m0/s1. The first-order valence-electron chi connectivity index (χ1n) is 9.57. The number of hydrazine groups is 1. The fourth-order valence-electron chi connectivity index (χ4n) is 3.55. The molecular formula is C22H24ClN3O3. The van der Waals surface area contributed by atoms with Gasteiger partial charge in [-0.2, -0.15) is 0 Å². The molecule has 2 aromatic rings. The molecule has 1 fully saturated rings. The minimum absolute atomic E-state index is 0.0699. The molecule has 3 rings (SSSR count). The van der Waals surface area contributed by atoms with E-state index >= 15 is 0 Å². The maximum absolute atomic E-state index is 12.9. The second-order valence-corrected chi connectivity index (χ2v) is 7.85. The number of rotatable bonds is 3. The van der Waals surface area contributed by atoms with Crippen molar-refractivity contribution in [3.63, 3.8) is 0 Å². The molecule has 2 aromatic carbocycles. The molecule has 6 nitrogen and oxygen atoms in total. The Kier molecular flexibility index (Phi) is 6.54. The monoisotopic (exact) mass is 413 g/mol. The first-order valence-corrected chi connectivity index (χ1v) is 9.94. The van der Waals surface area contributed by atoms with Crippen LogP contribution in [-0.4, -0.2) is 35.7 Å². The summed E-state index contributed by atoms with van der Waals surface area (Å²) in [6.45, 7) is 4.86. The van der Waals surface area contributed by atoms with Crippen LogP contribution in [0.25, 0.3) is 0 Å². The summed E-state index contributed by atoms with van der Waals surface area (Å²) in [4.78, 5) is 39.2. The predicted molar refractivity (Wildman–Crippen MR) is 112 cm³/mol. The summed E-state index contributed by atoms with van der Waals surface area (Å²) in [5.74, 6) is -1.16. The average molecular weight is 414 g/mol. The Balaban J connectivity index is 1.58. The van der Waals surface area contributed by atoms with Gasteiger partial charge in [0.2, 0.25) is 5.91 Å². The molecule has 29 heavy (non-hydrogen) atoms. The molecule has 0 aromatic heterocycles. The molecule has 0 unspecified atom stereocenters. The minimum Gasteiger partial charge on any atom is -0.338 e. The van der Waals surface area contributed by atoms with E-state index in [1.165, 1.54) is 0 Å². The molecule has 1 saturated heterocycles. The third-order valence-corrected chi connectivity index (χ3v) is 5.21. The van der Waals surface area contributed by atoms with Crippen LogP contribution < -0.4 is 10.9 Å². The molecular weight excluding hydrogens is 390 g/mol. The fraction of sp³-hybridized carbons (Fsp3) is 0.318. The third-order valence-electron chi connectivity index (χ3n) is 4.95. The zero-order valence-corrected chi connectivity index (χ0v) is 17.3. The van der Waals surface area contributed by atoms with Gasteiger partial charge in [-0.05, 0) is 63.1 Å². The Morgan fingerprint density at radius 1 is 0.966 bits per heavy atom. The Hall–Kier alpha value is -2.86. The number of carbonyl (C=O) groups is 3. The van der Waals surface area contributed by atoms with Gasteiger partial charge >= 0.3 is 0 Å². The molecule has 0 radical (unpaired) electrons. The van der Waals surface area contributed by atoms with Gasteiger partial charge in [0.1, 0.15) is 0 Å². The van der Waals surface area contributed by atoms with Gasteiger partial charge < -0.3 is 4.90 Å². The van der Waals surface area contributed by atoms with Crippen LogP contribution in [0.1, 0.15) is 44.7 Å². The minimum atomic E-state index is -0.422. The number of carbonyl (C=O) groups excluding carboxylic acids is 3. The van der Waals surface area contributed by atoms with Crippen LogP contribution in [0.15, 0.2) is 42.5 Å². The number of halogens is 1. The molecule has 0 saturated carbocycles. The number of nitrogens with zero attached hydrogens (tertiary/aromatic N) is 1. The molecule has 0 bridgehead atoms. The van der Waals surface area contributed by atoms with Crippen molar-refractivity contribution in [1.29, 1.82) is 0 Å². The van der Waals surface area contributed by atoms with Crippen molar-refractivity contribution in [2.45, 2.75) is 26.7 Å². The van der Waals surface area contributed by atoms with Crippen LogP contribution in [0.5, 0.6) is 0 Å². The number of likely N-dealkylation sites (tertiary alicyclic amines) is 1. The molecule has 7 heteroatoms. The fourth-order valence-corrected chi connectivity index (χ4v) is 3.68. The van der Waals surface area contributed by atoms with E-state index < -0.39 is 5.91 Å². The smallest absolute Gasteiger partial charge is 0.269 e. The van der Waals surface area contributed by atoms with Crippen LogP contribution in [0, 0.1) is 19.8 Å². The number of aryl methyl sites for hydroxylation is 2. The molecule has 0 aliphatic carbocycles. The highest BCUT2D eigenvalue weighted by Gasteiger charge is 2.29. The van der Waals surface area contributed by atoms with Crippen molar-refractivity contribution < 1.29 is 14.4 Å². The van der Waals surface area contributed by atoms with Gasteiger partial charge in [-0.3, -0.25) is 25.2 Å². The van der Waals surface area contributed by atoms with Gasteiger partial charge in [-0.25, -0.2) is 0 Å². The van der Waals surface area contributed by atoms with Crippen LogP contribution in [-0.2, 0) is 4.79 Å². The largest absolute Gasteiger partial charge is 0.338 e. The molecule has 152 valence electrons. The van der Waals surface area contributed by atoms with E-state index in [4.69, 9.17) is 11.6 Å². The van der Waals surface area contributed by atoms with Crippen LogP contribution in [0.2, 0.25) is 5.02 Å². The third kappa shape index (κ3) is 5.35. The number of nitrogens with one attached hydrogen (secondary N) is 2. The number of hydrogen-bond donors (Lipinski definition) is 2. The summed E-state index contributed by atoms with van der Waals surface area (Å²) in [5, 5.41) is 0.529. The second kappa shape index (κ2) is 9.09. The summed E-state index contributed by atoms with van der Waals surface area (Å²) in [6, 6.07) is 12.1. The van der Waals surface area contributed by atoms with Gasteiger partial charge in [0, 0.05) is 29.2 Å². The van der Waals surface area contributed by atoms with Crippen molar-refractivity contribution in [3.05, 3.63) is 69.7 Å². The summed E-state index contributed by atoms with van der Waals surface area (Å²) < 4.78 is 0. The maximum atomic E-state index is 12.9. The van der Waals surface area contributed by atoms with Crippen molar-refractivity contribution in [3.8, 4) is 0 Å². The Morgan fingerprint density at radius 2 is 1.62 bits per heavy atom. The predicted octanol–water partition coefficient (Wildman–Crippen LogP) is 3.27. The van der Waals surface area contributed by atoms with Crippen LogP contribution >= 0.6 is 11.6 Å². The zero-order chi connectivity index (χ0) is 21.0. The SMILES string of the molecule is Cc1cc(C)cc(C(=O)N2CCC[C@H](C(=O)NNC(=O)c3ccc(Cl)cc3)C2)c1. The van der Waals surface area contributed by atoms with Gasteiger partial charge in [0.25, 0.3) is 11.8 Å². The lowest BCUT2D eigenvalue weighted by molar-refractivity contribution is -0.127. The van der Waals surface area contributed by atoms with Gasteiger partial charge in [0.15, 0.2) is 0 Å². The molecule has 1 aliphatic rings. The van der Waals surface area contributed by atoms with Crippen LogP contribution in [0.4, 0.5) is 0 Å². The normalized spacial score (nSPS) is 16.2. The summed E-state index contributed by atoms with van der Waals surface area (Å²) in [5.41, 5.74) is 7.99. The van der Waals surface area contributed by atoms with Gasteiger partial charge in [0.05, 0.1) is 5.92 Å². The Morgan fingerprint density at radius 3 is 2.28 bits per heavy atom. The highest BCUT2D eigenvalue weighted by Crippen LogP contribution is 2.20. The lowest BCUT2D eigenvalue weighted by Crippen LogP contribution is -2.50. The lowest BCUT2D eigenvalue weighted by Gasteiger charge is -2.32. The highest BCUT2D eigenvalue weighted by molar-refractivity contribution is 6.30. The van der Waals surface area contributed by atoms with E-state index in [0.717, 1.165) is 17.5 Å². The first-order chi connectivity index (χ1) is 13.8. The van der Waals surface area contributed by atoms with E-state index in [0.29, 0.717) is 35.7 Å². The zero-order valence-electron chi connectivity index (χ0n) is 16.5. The number of amides is 3. The van der Waals surface area contributed by atoms with E-state index in [9.17, 15) is 14.4 Å². The summed E-state index contributed by atoms with van der Waals surface area (Å²) in [6.07, 6.45) is 1.40. The molecule has 1 aliphatic heterocycles. The number of hydrogen-bond acceptors (Lipinski definition) is 3. The van der Waals surface area contributed by atoms with E-state index in [-0.39, 0.29) is 17.7 Å². The van der Waals surface area contributed by atoms with Crippen molar-refractivity contribution in [1.82, 2.24) is 15.8 Å².